The zero-order valence-corrected chi connectivity index (χ0v) is 14.2. The van der Waals surface area contributed by atoms with Gasteiger partial charge in [0.25, 0.3) is 5.91 Å². The highest BCUT2D eigenvalue weighted by molar-refractivity contribution is 5.93. The molecular weight excluding hydrogens is 316 g/mol. The van der Waals surface area contributed by atoms with Crippen LogP contribution < -0.4 is 10.6 Å². The van der Waals surface area contributed by atoms with Crippen molar-refractivity contribution in [2.24, 2.45) is 0 Å². The highest BCUT2D eigenvalue weighted by Gasteiger charge is 2.14. The summed E-state index contributed by atoms with van der Waals surface area (Å²) in [6.45, 7) is 4.19. The van der Waals surface area contributed by atoms with Gasteiger partial charge in [-0.3, -0.25) is 4.79 Å². The van der Waals surface area contributed by atoms with Crippen molar-refractivity contribution in [3.63, 3.8) is 0 Å². The first-order chi connectivity index (χ1) is 12.1. The maximum atomic E-state index is 12.5. The number of rotatable bonds is 6. The smallest absolute Gasteiger partial charge is 0.270 e. The lowest BCUT2D eigenvalue weighted by Gasteiger charge is -2.14. The molecule has 0 aliphatic heterocycles. The predicted molar refractivity (Wildman–Crippen MR) is 95.1 cm³/mol. The van der Waals surface area contributed by atoms with Gasteiger partial charge in [0.15, 0.2) is 0 Å². The van der Waals surface area contributed by atoms with Crippen molar-refractivity contribution in [2.45, 2.75) is 26.4 Å². The normalized spacial score (nSPS) is 11.8. The van der Waals surface area contributed by atoms with Gasteiger partial charge >= 0.3 is 0 Å². The summed E-state index contributed by atoms with van der Waals surface area (Å²) < 4.78 is 5.28. The van der Waals surface area contributed by atoms with E-state index in [1.807, 2.05) is 49.4 Å². The van der Waals surface area contributed by atoms with Gasteiger partial charge < -0.3 is 15.1 Å². The maximum Gasteiger partial charge on any atom is 0.270 e. The van der Waals surface area contributed by atoms with E-state index in [0.717, 1.165) is 11.3 Å². The number of aromatic nitrogens is 2. The zero-order valence-electron chi connectivity index (χ0n) is 14.2. The van der Waals surface area contributed by atoms with Gasteiger partial charge in [0.05, 0.1) is 18.8 Å². The second kappa shape index (κ2) is 7.61. The van der Waals surface area contributed by atoms with Gasteiger partial charge in [-0.1, -0.05) is 30.3 Å². The molecule has 0 fully saturated rings. The summed E-state index contributed by atoms with van der Waals surface area (Å²) in [5.74, 6) is 1.67. The standard InChI is InChI=1S/C19H20N4O2/c1-13(15-7-4-3-5-8-15)21-19(24)17-11-18(23-14(2)22-17)20-12-16-9-6-10-25-16/h3-11,13H,12H2,1-2H3,(H,21,24)(H,20,22,23). The van der Waals surface area contributed by atoms with E-state index in [1.165, 1.54) is 0 Å². The fraction of sp³-hybridized carbons (Fsp3) is 0.211. The van der Waals surface area contributed by atoms with Gasteiger partial charge in [0, 0.05) is 6.07 Å². The highest BCUT2D eigenvalue weighted by atomic mass is 16.3. The summed E-state index contributed by atoms with van der Waals surface area (Å²) >= 11 is 0. The lowest BCUT2D eigenvalue weighted by molar-refractivity contribution is 0.0934. The summed E-state index contributed by atoms with van der Waals surface area (Å²) in [5, 5.41) is 6.10. The van der Waals surface area contributed by atoms with Gasteiger partial charge in [-0.15, -0.1) is 0 Å². The predicted octanol–water partition coefficient (Wildman–Crippen LogP) is 3.48. The Morgan fingerprint density at radius 1 is 1.16 bits per heavy atom. The van der Waals surface area contributed by atoms with Gasteiger partial charge in [-0.2, -0.15) is 0 Å². The van der Waals surface area contributed by atoms with Crippen LogP contribution in [0.1, 0.15) is 40.6 Å². The van der Waals surface area contributed by atoms with Crippen LogP contribution in [0, 0.1) is 6.92 Å². The quantitative estimate of drug-likeness (QED) is 0.720. The van der Waals surface area contributed by atoms with Gasteiger partial charge in [-0.05, 0) is 31.5 Å². The lowest BCUT2D eigenvalue weighted by atomic mass is 10.1. The molecule has 3 aromatic rings. The Balaban J connectivity index is 1.69. The molecule has 3 rings (SSSR count). The van der Waals surface area contributed by atoms with E-state index < -0.39 is 0 Å². The van der Waals surface area contributed by atoms with E-state index in [-0.39, 0.29) is 11.9 Å². The van der Waals surface area contributed by atoms with Crippen molar-refractivity contribution in [1.29, 1.82) is 0 Å². The van der Waals surface area contributed by atoms with Gasteiger partial charge in [-0.25, -0.2) is 9.97 Å². The van der Waals surface area contributed by atoms with Crippen LogP contribution in [0.3, 0.4) is 0 Å². The molecule has 0 saturated carbocycles. The van der Waals surface area contributed by atoms with E-state index in [1.54, 1.807) is 19.3 Å². The maximum absolute atomic E-state index is 12.5. The minimum absolute atomic E-state index is 0.108. The Hall–Kier alpha value is -3.15. The van der Waals surface area contributed by atoms with Crippen molar-refractivity contribution < 1.29 is 9.21 Å². The summed E-state index contributed by atoms with van der Waals surface area (Å²) in [6.07, 6.45) is 1.62. The Kier molecular flexibility index (Phi) is 5.09. The molecule has 0 saturated heterocycles. The number of hydrogen-bond acceptors (Lipinski definition) is 5. The summed E-state index contributed by atoms with van der Waals surface area (Å²) in [4.78, 5) is 21.1. The molecule has 2 heterocycles. The second-order valence-corrected chi connectivity index (χ2v) is 5.72. The number of furan rings is 1. The molecule has 1 amide bonds. The number of anilines is 1. The van der Waals surface area contributed by atoms with E-state index >= 15 is 0 Å². The molecule has 0 aliphatic rings. The fourth-order valence-electron chi connectivity index (χ4n) is 2.46. The number of hydrogen-bond donors (Lipinski definition) is 2. The highest BCUT2D eigenvalue weighted by Crippen LogP contribution is 2.14. The largest absolute Gasteiger partial charge is 0.467 e. The first-order valence-corrected chi connectivity index (χ1v) is 8.09. The van der Waals surface area contributed by atoms with Gasteiger partial charge in [0.1, 0.15) is 23.1 Å². The third-order valence-corrected chi connectivity index (χ3v) is 3.74. The molecule has 0 spiro atoms. The van der Waals surface area contributed by atoms with Gasteiger partial charge in [0.2, 0.25) is 0 Å². The topological polar surface area (TPSA) is 80.0 Å². The van der Waals surface area contributed by atoms with Crippen LogP contribution in [0.25, 0.3) is 0 Å². The molecule has 1 unspecified atom stereocenters. The van der Waals surface area contributed by atoms with Crippen molar-refractivity contribution in [2.75, 3.05) is 5.32 Å². The number of amides is 1. The molecule has 0 radical (unpaired) electrons. The first-order valence-electron chi connectivity index (χ1n) is 8.09. The zero-order chi connectivity index (χ0) is 17.6. The molecule has 0 bridgehead atoms. The Morgan fingerprint density at radius 3 is 2.68 bits per heavy atom. The molecule has 2 N–H and O–H groups in total. The van der Waals surface area contributed by atoms with Crippen LogP contribution in [0.2, 0.25) is 0 Å². The van der Waals surface area contributed by atoms with Crippen LogP contribution in [-0.2, 0) is 6.54 Å². The molecule has 0 aliphatic carbocycles. The Labute approximate surface area is 146 Å². The number of nitrogens with zero attached hydrogens (tertiary/aromatic N) is 2. The number of aryl methyl sites for hydroxylation is 1. The summed E-state index contributed by atoms with van der Waals surface area (Å²) in [7, 11) is 0. The number of carbonyl (C=O) groups excluding carboxylic acids is 1. The summed E-state index contributed by atoms with van der Waals surface area (Å²) in [5.41, 5.74) is 1.37. The SMILES string of the molecule is Cc1nc(NCc2ccco2)cc(C(=O)NC(C)c2ccccc2)n1. The Bertz CT molecular complexity index is 832. The molecule has 2 aromatic heterocycles. The molecule has 1 atom stereocenters. The molecule has 25 heavy (non-hydrogen) atoms. The molecule has 128 valence electrons. The third-order valence-electron chi connectivity index (χ3n) is 3.74. The first kappa shape index (κ1) is 16.7. The average Bonchev–Trinajstić information content (AvgIpc) is 3.14. The van der Waals surface area contributed by atoms with Crippen LogP contribution in [0.5, 0.6) is 0 Å². The second-order valence-electron chi connectivity index (χ2n) is 5.72. The minimum atomic E-state index is -0.233. The lowest BCUT2D eigenvalue weighted by Crippen LogP contribution is -2.27. The number of benzene rings is 1. The number of nitrogens with one attached hydrogen (secondary N) is 2. The van der Waals surface area contributed by atoms with Crippen LogP contribution >= 0.6 is 0 Å². The van der Waals surface area contributed by atoms with E-state index in [0.29, 0.717) is 23.9 Å². The van der Waals surface area contributed by atoms with Crippen molar-refractivity contribution >= 4 is 11.7 Å². The Morgan fingerprint density at radius 2 is 1.96 bits per heavy atom. The third kappa shape index (κ3) is 4.44. The average molecular weight is 336 g/mol. The molecule has 6 nitrogen and oxygen atoms in total. The van der Waals surface area contributed by atoms with Crippen LogP contribution in [0.4, 0.5) is 5.82 Å². The molecule has 6 heteroatoms. The van der Waals surface area contributed by atoms with E-state index in [9.17, 15) is 4.79 Å². The number of carbonyl (C=O) groups is 1. The minimum Gasteiger partial charge on any atom is -0.467 e. The van der Waals surface area contributed by atoms with Crippen molar-refractivity contribution in [1.82, 2.24) is 15.3 Å². The van der Waals surface area contributed by atoms with Crippen LogP contribution in [0.15, 0.2) is 59.2 Å². The fourth-order valence-corrected chi connectivity index (χ4v) is 2.46. The summed E-state index contributed by atoms with van der Waals surface area (Å²) in [6, 6.07) is 15.0. The van der Waals surface area contributed by atoms with Crippen LogP contribution in [-0.4, -0.2) is 15.9 Å². The monoisotopic (exact) mass is 336 g/mol. The molecule has 1 aromatic carbocycles. The molecular formula is C19H20N4O2. The van der Waals surface area contributed by atoms with Crippen molar-refractivity contribution in [3.8, 4) is 0 Å². The van der Waals surface area contributed by atoms with Crippen molar-refractivity contribution in [3.05, 3.63) is 77.6 Å². The van der Waals surface area contributed by atoms with E-state index in [4.69, 9.17) is 4.42 Å². The van der Waals surface area contributed by atoms with E-state index in [2.05, 4.69) is 20.6 Å².